The number of esters is 1. The number of carbonyl (C=O) groups excluding carboxylic acids is 1. The summed E-state index contributed by atoms with van der Waals surface area (Å²) >= 11 is 0. The van der Waals surface area contributed by atoms with E-state index in [4.69, 9.17) is 13.6 Å². The molecule has 2 unspecified atom stereocenters. The third kappa shape index (κ3) is 4.94. The number of hydrogen-bond acceptors (Lipinski definition) is 5. The van der Waals surface area contributed by atoms with Crippen molar-refractivity contribution in [3.63, 3.8) is 0 Å². The molecule has 0 saturated carbocycles. The zero-order valence-corrected chi connectivity index (χ0v) is 17.4. The molecule has 1 aromatic heterocycles. The minimum atomic E-state index is -2.33. The summed E-state index contributed by atoms with van der Waals surface area (Å²) in [6, 6.07) is 3.30. The van der Waals surface area contributed by atoms with Crippen molar-refractivity contribution in [2.75, 3.05) is 0 Å². The highest BCUT2D eigenvalue weighted by molar-refractivity contribution is 6.74. The molecule has 24 heavy (non-hydrogen) atoms. The lowest BCUT2D eigenvalue weighted by Gasteiger charge is -2.42. The summed E-state index contributed by atoms with van der Waals surface area (Å²) in [4.78, 5) is 12.8. The van der Waals surface area contributed by atoms with E-state index in [-0.39, 0.29) is 10.8 Å². The summed E-state index contributed by atoms with van der Waals surface area (Å²) in [5.74, 6) is -0.314. The van der Waals surface area contributed by atoms with Gasteiger partial charge in [0.15, 0.2) is 20.0 Å². The summed E-state index contributed by atoms with van der Waals surface area (Å²) in [5, 5.41) is 10.9. The Balaban J connectivity index is 3.25. The van der Waals surface area contributed by atoms with Gasteiger partial charge in [-0.15, -0.1) is 0 Å². The van der Waals surface area contributed by atoms with Crippen LogP contribution in [0.25, 0.3) is 0 Å². The van der Waals surface area contributed by atoms with Crippen LogP contribution in [0.1, 0.15) is 54.2 Å². The molecule has 0 amide bonds. The molecule has 0 fully saturated rings. The number of aliphatic hydroxyl groups is 1. The van der Waals surface area contributed by atoms with Crippen molar-refractivity contribution in [3.05, 3.63) is 24.2 Å². The molecule has 1 heterocycles. The molecule has 0 radical (unpaired) electrons. The van der Waals surface area contributed by atoms with Crippen molar-refractivity contribution in [2.24, 2.45) is 0 Å². The molecule has 0 aliphatic carbocycles. The molecule has 5 nitrogen and oxygen atoms in total. The fourth-order valence-corrected chi connectivity index (χ4v) is 3.18. The van der Waals surface area contributed by atoms with Crippen LogP contribution >= 0.6 is 0 Å². The average Bonchev–Trinajstić information content (AvgIpc) is 2.86. The maximum Gasteiger partial charge on any atom is 0.338 e. The fraction of sp³-hybridized carbons (Fsp3) is 0.722. The summed E-state index contributed by atoms with van der Waals surface area (Å²) in [5.41, 5.74) is -2.30. The van der Waals surface area contributed by atoms with Crippen LogP contribution in [-0.4, -0.2) is 31.1 Å². The summed E-state index contributed by atoms with van der Waals surface area (Å²) < 4.78 is 17.1. The predicted molar refractivity (Wildman–Crippen MR) is 96.2 cm³/mol. The number of carbonyl (C=O) groups is 1. The molecule has 2 atom stereocenters. The van der Waals surface area contributed by atoms with E-state index < -0.39 is 31.6 Å². The predicted octanol–water partition coefficient (Wildman–Crippen LogP) is 4.22. The van der Waals surface area contributed by atoms with Gasteiger partial charge in [-0.1, -0.05) is 20.8 Å². The molecule has 1 rings (SSSR count). The van der Waals surface area contributed by atoms with E-state index in [0.29, 0.717) is 0 Å². The van der Waals surface area contributed by atoms with E-state index in [1.54, 1.807) is 32.9 Å². The van der Waals surface area contributed by atoms with Crippen LogP contribution in [0.4, 0.5) is 0 Å². The van der Waals surface area contributed by atoms with Gasteiger partial charge in [-0.25, -0.2) is 4.79 Å². The van der Waals surface area contributed by atoms with Crippen molar-refractivity contribution in [1.29, 1.82) is 0 Å². The van der Waals surface area contributed by atoms with Crippen molar-refractivity contribution < 1.29 is 23.5 Å². The average molecular weight is 357 g/mol. The molecule has 0 saturated heterocycles. The molecular formula is C18H32O5Si. The molecule has 1 aromatic rings. The Morgan fingerprint density at radius 2 is 1.71 bits per heavy atom. The molecule has 0 aliphatic rings. The Morgan fingerprint density at radius 1 is 1.17 bits per heavy atom. The van der Waals surface area contributed by atoms with E-state index in [2.05, 4.69) is 20.8 Å². The number of ether oxygens (including phenoxy) is 1. The third-order valence-electron chi connectivity index (χ3n) is 4.37. The molecular weight excluding hydrogens is 324 g/mol. The van der Waals surface area contributed by atoms with Crippen molar-refractivity contribution in [2.45, 2.75) is 83.9 Å². The van der Waals surface area contributed by atoms with E-state index in [1.807, 2.05) is 13.1 Å². The smallest absolute Gasteiger partial charge is 0.338 e. The fourth-order valence-electron chi connectivity index (χ4n) is 1.91. The lowest BCUT2D eigenvalue weighted by atomic mass is 9.96. The summed E-state index contributed by atoms with van der Waals surface area (Å²) in [7, 11) is -2.33. The van der Waals surface area contributed by atoms with Crippen molar-refractivity contribution in [1.82, 2.24) is 0 Å². The Hall–Kier alpha value is -1.11. The quantitative estimate of drug-likeness (QED) is 0.632. The molecule has 138 valence electrons. The first-order valence-electron chi connectivity index (χ1n) is 8.25. The van der Waals surface area contributed by atoms with Crippen LogP contribution in [0.3, 0.4) is 0 Å². The van der Waals surface area contributed by atoms with Crippen LogP contribution < -0.4 is 0 Å². The van der Waals surface area contributed by atoms with Gasteiger partial charge in [-0.3, -0.25) is 0 Å². The van der Waals surface area contributed by atoms with Crippen LogP contribution in [0.2, 0.25) is 18.1 Å². The van der Waals surface area contributed by atoms with E-state index in [1.165, 1.54) is 13.2 Å². The molecule has 0 spiro atoms. The monoisotopic (exact) mass is 356 g/mol. The SMILES string of the molecule is CC(C)(C)OC(=O)C(O[Si](C)(C)C(C)(C)C)C(C)(O)c1ccco1. The summed E-state index contributed by atoms with van der Waals surface area (Å²) in [6.45, 7) is 17.2. The van der Waals surface area contributed by atoms with Gasteiger partial charge in [0, 0.05) is 0 Å². The molecule has 6 heteroatoms. The van der Waals surface area contributed by atoms with Gasteiger partial charge in [-0.05, 0) is 58.0 Å². The molecule has 0 aliphatic heterocycles. The minimum absolute atomic E-state index is 0.119. The van der Waals surface area contributed by atoms with Crippen LogP contribution in [0.5, 0.6) is 0 Å². The normalized spacial score (nSPS) is 17.2. The van der Waals surface area contributed by atoms with E-state index in [9.17, 15) is 9.90 Å². The van der Waals surface area contributed by atoms with E-state index >= 15 is 0 Å². The molecule has 0 aromatic carbocycles. The van der Waals surface area contributed by atoms with Gasteiger partial charge in [0.2, 0.25) is 0 Å². The second-order valence-electron chi connectivity index (χ2n) is 8.92. The largest absolute Gasteiger partial charge is 0.466 e. The van der Waals surface area contributed by atoms with Gasteiger partial charge < -0.3 is 18.7 Å². The minimum Gasteiger partial charge on any atom is -0.466 e. The molecule has 1 N–H and O–H groups in total. The highest BCUT2D eigenvalue weighted by atomic mass is 28.4. The molecule has 0 bridgehead atoms. The van der Waals surface area contributed by atoms with Crippen LogP contribution in [0, 0.1) is 0 Å². The van der Waals surface area contributed by atoms with Crippen LogP contribution in [-0.2, 0) is 19.6 Å². The lowest BCUT2D eigenvalue weighted by Crippen LogP contribution is -2.54. The maximum atomic E-state index is 12.8. The zero-order valence-electron chi connectivity index (χ0n) is 16.4. The Bertz CT molecular complexity index is 547. The third-order valence-corrected chi connectivity index (χ3v) is 8.81. The standard InChI is InChI=1S/C18H32O5Si/c1-16(2,3)22-15(19)14(23-24(8,9)17(4,5)6)18(7,20)13-11-10-12-21-13/h10-12,14,20H,1-9H3. The maximum absolute atomic E-state index is 12.8. The summed E-state index contributed by atoms with van der Waals surface area (Å²) in [6.07, 6.45) is 0.297. The van der Waals surface area contributed by atoms with E-state index in [0.717, 1.165) is 0 Å². The highest BCUT2D eigenvalue weighted by Gasteiger charge is 2.50. The Morgan fingerprint density at radius 3 is 2.08 bits per heavy atom. The van der Waals surface area contributed by atoms with Gasteiger partial charge in [0.1, 0.15) is 11.4 Å². The second-order valence-corrected chi connectivity index (χ2v) is 13.7. The first-order chi connectivity index (χ1) is 10.6. The van der Waals surface area contributed by atoms with Gasteiger partial charge in [0.05, 0.1) is 6.26 Å². The van der Waals surface area contributed by atoms with Gasteiger partial charge in [-0.2, -0.15) is 0 Å². The number of hydrogen-bond donors (Lipinski definition) is 1. The van der Waals surface area contributed by atoms with Crippen molar-refractivity contribution >= 4 is 14.3 Å². The zero-order chi connectivity index (χ0) is 19.0. The second kappa shape index (κ2) is 6.65. The Kier molecular flexibility index (Phi) is 5.80. The van der Waals surface area contributed by atoms with Crippen LogP contribution in [0.15, 0.2) is 22.8 Å². The highest BCUT2D eigenvalue weighted by Crippen LogP contribution is 2.40. The lowest BCUT2D eigenvalue weighted by molar-refractivity contribution is -0.179. The first kappa shape index (κ1) is 20.9. The van der Waals surface area contributed by atoms with Gasteiger partial charge in [0.25, 0.3) is 0 Å². The van der Waals surface area contributed by atoms with Crippen molar-refractivity contribution in [3.8, 4) is 0 Å². The topological polar surface area (TPSA) is 68.9 Å². The Labute approximate surface area is 146 Å². The number of rotatable bonds is 5. The number of furan rings is 1. The van der Waals surface area contributed by atoms with Gasteiger partial charge >= 0.3 is 5.97 Å². The first-order valence-corrected chi connectivity index (χ1v) is 11.2.